The predicted octanol–water partition coefficient (Wildman–Crippen LogP) is 3.34. The summed E-state index contributed by atoms with van der Waals surface area (Å²) in [6.45, 7) is 2.05. The van der Waals surface area contributed by atoms with Crippen molar-refractivity contribution >= 4 is 11.9 Å². The van der Waals surface area contributed by atoms with Crippen LogP contribution in [0.4, 0.5) is 10.3 Å². The molecule has 0 spiro atoms. The summed E-state index contributed by atoms with van der Waals surface area (Å²) in [6.07, 6.45) is 8.66. The number of aromatic nitrogens is 2. The lowest BCUT2D eigenvalue weighted by Crippen LogP contribution is -2.34. The van der Waals surface area contributed by atoms with Crippen LogP contribution in [-0.4, -0.2) is 29.0 Å². The van der Waals surface area contributed by atoms with Gasteiger partial charge in [-0.3, -0.25) is 4.79 Å². The van der Waals surface area contributed by atoms with Gasteiger partial charge in [-0.15, -0.1) is 0 Å². The molecule has 1 N–H and O–H groups in total. The Balaban J connectivity index is 1.44. The molecular weight excluding hydrogens is 343 g/mol. The Hall–Kier alpha value is -2.50. The molecule has 1 amide bonds. The maximum atomic E-state index is 13.0. The van der Waals surface area contributed by atoms with Gasteiger partial charge < -0.3 is 10.2 Å². The lowest BCUT2D eigenvalue weighted by atomic mass is 9.92. The number of fused-ring (bicyclic) bond motifs is 1. The zero-order chi connectivity index (χ0) is 18.6. The number of nitrogens with one attached hydrogen (secondary N) is 1. The second kappa shape index (κ2) is 8.03. The first-order valence-corrected chi connectivity index (χ1v) is 9.83. The molecule has 1 aromatic carbocycles. The molecule has 5 nitrogen and oxygen atoms in total. The standard InChI is InChI=1S/C21H25FN4O/c22-16-9-7-15(8-10-16)13-20(27)24-18-5-4-6-19-17(18)14-23-21(25-19)26-11-2-1-3-12-26/h7-10,14,18H,1-6,11-13H2,(H,24,27)/t18-/m0/s1. The van der Waals surface area contributed by atoms with E-state index in [1.165, 1.54) is 31.4 Å². The highest BCUT2D eigenvalue weighted by molar-refractivity contribution is 5.79. The molecule has 1 saturated heterocycles. The third-order valence-corrected chi connectivity index (χ3v) is 5.42. The number of amides is 1. The van der Waals surface area contributed by atoms with Crippen molar-refractivity contribution < 1.29 is 9.18 Å². The van der Waals surface area contributed by atoms with Crippen molar-refractivity contribution in [1.82, 2.24) is 15.3 Å². The lowest BCUT2D eigenvalue weighted by Gasteiger charge is -2.29. The average Bonchev–Trinajstić information content (AvgIpc) is 2.70. The summed E-state index contributed by atoms with van der Waals surface area (Å²) in [6, 6.07) is 6.02. The number of aryl methyl sites for hydroxylation is 1. The minimum absolute atomic E-state index is 0.0443. The number of carbonyl (C=O) groups is 1. The second-order valence-corrected chi connectivity index (χ2v) is 7.44. The number of piperidine rings is 1. The first-order valence-electron chi connectivity index (χ1n) is 9.83. The Morgan fingerprint density at radius 3 is 2.70 bits per heavy atom. The van der Waals surface area contributed by atoms with Crippen LogP contribution in [-0.2, 0) is 17.6 Å². The van der Waals surface area contributed by atoms with Crippen LogP contribution >= 0.6 is 0 Å². The van der Waals surface area contributed by atoms with Gasteiger partial charge in [-0.25, -0.2) is 14.4 Å². The monoisotopic (exact) mass is 368 g/mol. The summed E-state index contributed by atoms with van der Waals surface area (Å²) in [5, 5.41) is 3.11. The fourth-order valence-electron chi connectivity index (χ4n) is 3.97. The van der Waals surface area contributed by atoms with E-state index in [2.05, 4.69) is 15.2 Å². The summed E-state index contributed by atoms with van der Waals surface area (Å²) in [4.78, 5) is 24.1. The first kappa shape index (κ1) is 17.9. The van der Waals surface area contributed by atoms with Gasteiger partial charge in [-0.1, -0.05) is 12.1 Å². The van der Waals surface area contributed by atoms with Crippen LogP contribution in [0, 0.1) is 5.82 Å². The van der Waals surface area contributed by atoms with Crippen LogP contribution < -0.4 is 10.2 Å². The van der Waals surface area contributed by atoms with Gasteiger partial charge in [0, 0.05) is 24.8 Å². The quantitative estimate of drug-likeness (QED) is 0.899. The van der Waals surface area contributed by atoms with E-state index < -0.39 is 0 Å². The van der Waals surface area contributed by atoms with Crippen LogP contribution in [0.2, 0.25) is 0 Å². The number of carbonyl (C=O) groups excluding carboxylic acids is 1. The van der Waals surface area contributed by atoms with Crippen molar-refractivity contribution in [2.45, 2.75) is 51.0 Å². The van der Waals surface area contributed by atoms with Crippen molar-refractivity contribution in [3.63, 3.8) is 0 Å². The minimum atomic E-state index is -0.290. The van der Waals surface area contributed by atoms with Gasteiger partial charge in [0.15, 0.2) is 0 Å². The summed E-state index contributed by atoms with van der Waals surface area (Å²) in [5.74, 6) is 0.480. The number of nitrogens with zero attached hydrogens (tertiary/aromatic N) is 3. The molecule has 1 fully saturated rings. The normalized spacial score (nSPS) is 19.4. The first-order chi connectivity index (χ1) is 13.2. The number of halogens is 1. The molecule has 27 heavy (non-hydrogen) atoms. The fourth-order valence-corrected chi connectivity index (χ4v) is 3.97. The van der Waals surface area contributed by atoms with Crippen molar-refractivity contribution in [3.05, 3.63) is 53.1 Å². The third-order valence-electron chi connectivity index (χ3n) is 5.42. The molecule has 0 bridgehead atoms. The van der Waals surface area contributed by atoms with Crippen molar-refractivity contribution in [3.8, 4) is 0 Å². The lowest BCUT2D eigenvalue weighted by molar-refractivity contribution is -0.121. The van der Waals surface area contributed by atoms with E-state index in [1.54, 1.807) is 12.1 Å². The smallest absolute Gasteiger partial charge is 0.225 e. The predicted molar refractivity (Wildman–Crippen MR) is 102 cm³/mol. The van der Waals surface area contributed by atoms with Gasteiger partial charge >= 0.3 is 0 Å². The average molecular weight is 368 g/mol. The van der Waals surface area contributed by atoms with E-state index in [0.29, 0.717) is 0 Å². The van der Waals surface area contributed by atoms with E-state index in [4.69, 9.17) is 4.98 Å². The maximum absolute atomic E-state index is 13.0. The van der Waals surface area contributed by atoms with Crippen molar-refractivity contribution in [1.29, 1.82) is 0 Å². The van der Waals surface area contributed by atoms with E-state index in [0.717, 1.165) is 55.1 Å². The number of rotatable bonds is 4. The van der Waals surface area contributed by atoms with E-state index in [-0.39, 0.29) is 24.2 Å². The molecule has 1 aliphatic heterocycles. The number of benzene rings is 1. The van der Waals surface area contributed by atoms with E-state index in [9.17, 15) is 9.18 Å². The van der Waals surface area contributed by atoms with Crippen molar-refractivity contribution in [2.75, 3.05) is 18.0 Å². The van der Waals surface area contributed by atoms with E-state index in [1.807, 2.05) is 6.20 Å². The van der Waals surface area contributed by atoms with Crippen molar-refractivity contribution in [2.24, 2.45) is 0 Å². The molecule has 0 saturated carbocycles. The van der Waals surface area contributed by atoms with E-state index >= 15 is 0 Å². The van der Waals surface area contributed by atoms with Crippen LogP contribution in [0.5, 0.6) is 0 Å². The Bertz CT molecular complexity index is 802. The zero-order valence-electron chi connectivity index (χ0n) is 15.5. The Morgan fingerprint density at radius 1 is 1.15 bits per heavy atom. The van der Waals surface area contributed by atoms with Crippen LogP contribution in [0.25, 0.3) is 0 Å². The largest absolute Gasteiger partial charge is 0.349 e. The summed E-state index contributed by atoms with van der Waals surface area (Å²) >= 11 is 0. The van der Waals surface area contributed by atoms with Crippen LogP contribution in [0.15, 0.2) is 30.5 Å². The van der Waals surface area contributed by atoms with Gasteiger partial charge in [0.1, 0.15) is 5.82 Å². The number of hydrogen-bond acceptors (Lipinski definition) is 4. The molecule has 1 atom stereocenters. The van der Waals surface area contributed by atoms with Gasteiger partial charge in [-0.05, 0) is 56.2 Å². The zero-order valence-corrected chi connectivity index (χ0v) is 15.5. The molecule has 1 aliphatic carbocycles. The summed E-state index contributed by atoms with van der Waals surface area (Å²) in [7, 11) is 0. The van der Waals surface area contributed by atoms with Gasteiger partial charge in [0.2, 0.25) is 11.9 Å². The highest BCUT2D eigenvalue weighted by atomic mass is 19.1. The molecule has 2 aliphatic rings. The fraction of sp³-hybridized carbons (Fsp3) is 0.476. The highest BCUT2D eigenvalue weighted by Crippen LogP contribution is 2.29. The Morgan fingerprint density at radius 2 is 1.93 bits per heavy atom. The summed E-state index contributed by atoms with van der Waals surface area (Å²) in [5.41, 5.74) is 2.90. The van der Waals surface area contributed by atoms with Crippen LogP contribution in [0.3, 0.4) is 0 Å². The highest BCUT2D eigenvalue weighted by Gasteiger charge is 2.25. The Labute approximate surface area is 159 Å². The second-order valence-electron chi connectivity index (χ2n) is 7.44. The third kappa shape index (κ3) is 4.26. The number of anilines is 1. The number of hydrogen-bond donors (Lipinski definition) is 1. The topological polar surface area (TPSA) is 58.1 Å². The molecule has 1 aromatic heterocycles. The summed E-state index contributed by atoms with van der Waals surface area (Å²) < 4.78 is 13.0. The molecule has 142 valence electrons. The Kier molecular flexibility index (Phi) is 5.32. The molecule has 2 heterocycles. The molecular formula is C21H25FN4O. The maximum Gasteiger partial charge on any atom is 0.225 e. The molecule has 6 heteroatoms. The minimum Gasteiger partial charge on any atom is -0.349 e. The SMILES string of the molecule is O=C(Cc1ccc(F)cc1)N[C@H]1CCCc2nc(N3CCCCC3)ncc21. The molecule has 0 radical (unpaired) electrons. The van der Waals surface area contributed by atoms with Gasteiger partial charge in [0.05, 0.1) is 18.2 Å². The molecule has 0 unspecified atom stereocenters. The molecule has 2 aromatic rings. The van der Waals surface area contributed by atoms with Gasteiger partial charge in [0.25, 0.3) is 0 Å². The van der Waals surface area contributed by atoms with Gasteiger partial charge in [-0.2, -0.15) is 0 Å². The van der Waals surface area contributed by atoms with Crippen LogP contribution in [0.1, 0.15) is 55.0 Å². The molecule has 4 rings (SSSR count).